The van der Waals surface area contributed by atoms with Gasteiger partial charge in [-0.2, -0.15) is 0 Å². The zero-order chi connectivity index (χ0) is 14.5. The predicted molar refractivity (Wildman–Crippen MR) is 84.6 cm³/mol. The Morgan fingerprint density at radius 2 is 1.95 bits per heavy atom. The minimum absolute atomic E-state index is 0.626. The number of halogens is 1. The highest BCUT2D eigenvalue weighted by Crippen LogP contribution is 2.30. The summed E-state index contributed by atoms with van der Waals surface area (Å²) in [4.78, 5) is 8.72. The van der Waals surface area contributed by atoms with Gasteiger partial charge in [0.25, 0.3) is 0 Å². The summed E-state index contributed by atoms with van der Waals surface area (Å²) in [6.45, 7) is 0. The first-order valence-corrected chi connectivity index (χ1v) is 7.48. The molecule has 0 amide bonds. The molecule has 0 atom stereocenters. The van der Waals surface area contributed by atoms with Gasteiger partial charge in [0, 0.05) is 18.1 Å². The van der Waals surface area contributed by atoms with Gasteiger partial charge in [0.2, 0.25) is 0 Å². The molecule has 0 saturated carbocycles. The topological polar surface area (TPSA) is 59.1 Å². The smallest absolute Gasteiger partial charge is 0.191 e. The maximum Gasteiger partial charge on any atom is 0.191 e. The summed E-state index contributed by atoms with van der Waals surface area (Å²) in [5.41, 5.74) is 0.757. The number of thioether (sulfide) groups is 1. The van der Waals surface area contributed by atoms with Gasteiger partial charge in [0.15, 0.2) is 5.16 Å². The Morgan fingerprint density at radius 1 is 1.20 bits per heavy atom. The molecule has 0 unspecified atom stereocenters. The van der Waals surface area contributed by atoms with E-state index in [1.54, 1.807) is 25.3 Å². The van der Waals surface area contributed by atoms with Crippen molar-refractivity contribution in [3.05, 3.63) is 29.3 Å². The third kappa shape index (κ3) is 3.46. The number of hydrogen-bond donors (Lipinski definition) is 2. The molecule has 0 fully saturated rings. The number of ether oxygens (including phenoxy) is 1. The molecule has 2 aromatic rings. The summed E-state index contributed by atoms with van der Waals surface area (Å²) in [6, 6.07) is 7.19. The van der Waals surface area contributed by atoms with Crippen molar-refractivity contribution in [2.75, 3.05) is 31.0 Å². The molecule has 0 radical (unpaired) electrons. The van der Waals surface area contributed by atoms with Crippen molar-refractivity contribution in [3.63, 3.8) is 0 Å². The molecule has 0 saturated heterocycles. The molecule has 1 heterocycles. The second kappa shape index (κ2) is 6.67. The van der Waals surface area contributed by atoms with Gasteiger partial charge in [0.05, 0.1) is 12.8 Å². The van der Waals surface area contributed by atoms with Crippen LogP contribution >= 0.6 is 23.4 Å². The number of methoxy groups -OCH3 is 1. The summed E-state index contributed by atoms with van der Waals surface area (Å²) in [5, 5.41) is 7.51. The molecule has 7 heteroatoms. The average molecular weight is 311 g/mol. The van der Waals surface area contributed by atoms with Crippen LogP contribution in [0.1, 0.15) is 0 Å². The first kappa shape index (κ1) is 14.7. The highest BCUT2D eigenvalue weighted by atomic mass is 35.5. The number of hydrogen-bond acceptors (Lipinski definition) is 6. The van der Waals surface area contributed by atoms with Crippen molar-refractivity contribution in [2.45, 2.75) is 5.16 Å². The van der Waals surface area contributed by atoms with Crippen LogP contribution in [0.3, 0.4) is 0 Å². The molecule has 106 valence electrons. The van der Waals surface area contributed by atoms with E-state index < -0.39 is 0 Å². The first-order valence-electron chi connectivity index (χ1n) is 5.87. The Morgan fingerprint density at radius 3 is 2.60 bits per heavy atom. The molecule has 0 aliphatic rings. The maximum absolute atomic E-state index is 6.01. The van der Waals surface area contributed by atoms with Gasteiger partial charge >= 0.3 is 0 Å². The summed E-state index contributed by atoms with van der Waals surface area (Å²) in [7, 11) is 3.43. The fraction of sp³-hybridized carbons (Fsp3) is 0.231. The van der Waals surface area contributed by atoms with Crippen LogP contribution in [0.4, 0.5) is 17.3 Å². The van der Waals surface area contributed by atoms with Crippen LogP contribution in [0.25, 0.3) is 0 Å². The van der Waals surface area contributed by atoms with Crippen molar-refractivity contribution < 1.29 is 4.74 Å². The molecule has 0 aliphatic heterocycles. The Bertz CT molecular complexity index is 587. The zero-order valence-corrected chi connectivity index (χ0v) is 13.0. The average Bonchev–Trinajstić information content (AvgIpc) is 2.47. The first-order chi connectivity index (χ1) is 9.66. The number of nitrogens with one attached hydrogen (secondary N) is 2. The van der Waals surface area contributed by atoms with E-state index >= 15 is 0 Å². The van der Waals surface area contributed by atoms with E-state index in [0.29, 0.717) is 21.7 Å². The Kier molecular flexibility index (Phi) is 4.92. The van der Waals surface area contributed by atoms with Crippen LogP contribution in [0.5, 0.6) is 5.75 Å². The molecule has 1 aromatic heterocycles. The van der Waals surface area contributed by atoms with Crippen LogP contribution in [-0.2, 0) is 0 Å². The van der Waals surface area contributed by atoms with Crippen molar-refractivity contribution in [3.8, 4) is 5.75 Å². The van der Waals surface area contributed by atoms with Gasteiger partial charge in [-0.3, -0.25) is 0 Å². The third-order valence-corrected chi connectivity index (χ3v) is 3.35. The lowest BCUT2D eigenvalue weighted by molar-refractivity contribution is 0.417. The standard InChI is InChI=1S/C13H15ClN4OS/c1-15-11-7-12(18-13(17-11)20-3)16-9-6-8(14)4-5-10(9)19-2/h4-7H,1-3H3,(H2,15,16,17,18). The van der Waals surface area contributed by atoms with Crippen molar-refractivity contribution >= 4 is 40.7 Å². The molecule has 1 aromatic carbocycles. The number of nitrogens with zero attached hydrogens (tertiary/aromatic N) is 2. The minimum Gasteiger partial charge on any atom is -0.495 e. The number of benzene rings is 1. The highest BCUT2D eigenvalue weighted by molar-refractivity contribution is 7.98. The fourth-order valence-electron chi connectivity index (χ4n) is 1.62. The van der Waals surface area contributed by atoms with E-state index in [0.717, 1.165) is 11.5 Å². The van der Waals surface area contributed by atoms with Crippen LogP contribution in [0, 0.1) is 0 Å². The van der Waals surface area contributed by atoms with E-state index in [9.17, 15) is 0 Å². The SMILES string of the molecule is CNc1cc(Nc2cc(Cl)ccc2OC)nc(SC)n1. The van der Waals surface area contributed by atoms with E-state index in [1.165, 1.54) is 11.8 Å². The fourth-order valence-corrected chi connectivity index (χ4v) is 2.18. The van der Waals surface area contributed by atoms with Gasteiger partial charge in [-0.05, 0) is 24.5 Å². The van der Waals surface area contributed by atoms with E-state index in [-0.39, 0.29) is 0 Å². The summed E-state index contributed by atoms with van der Waals surface area (Å²) in [6.07, 6.45) is 1.93. The molecule has 20 heavy (non-hydrogen) atoms. The van der Waals surface area contributed by atoms with Gasteiger partial charge in [-0.15, -0.1) is 0 Å². The van der Waals surface area contributed by atoms with Crippen LogP contribution in [-0.4, -0.2) is 30.4 Å². The third-order valence-electron chi connectivity index (χ3n) is 2.57. The number of anilines is 3. The van der Waals surface area contributed by atoms with Crippen molar-refractivity contribution in [1.82, 2.24) is 9.97 Å². The van der Waals surface area contributed by atoms with Crippen LogP contribution in [0.2, 0.25) is 5.02 Å². The van der Waals surface area contributed by atoms with Gasteiger partial charge < -0.3 is 15.4 Å². The van der Waals surface area contributed by atoms with Gasteiger partial charge in [0.1, 0.15) is 17.4 Å². The van der Waals surface area contributed by atoms with Crippen LogP contribution in [0.15, 0.2) is 29.4 Å². The molecule has 5 nitrogen and oxygen atoms in total. The quantitative estimate of drug-likeness (QED) is 0.649. The normalized spacial score (nSPS) is 10.2. The molecule has 2 N–H and O–H groups in total. The lowest BCUT2D eigenvalue weighted by atomic mass is 10.3. The van der Waals surface area contributed by atoms with Gasteiger partial charge in [-0.25, -0.2) is 9.97 Å². The minimum atomic E-state index is 0.626. The zero-order valence-electron chi connectivity index (χ0n) is 11.4. The Balaban J connectivity index is 2.36. The number of rotatable bonds is 5. The van der Waals surface area contributed by atoms with Crippen molar-refractivity contribution in [2.24, 2.45) is 0 Å². The molecular weight excluding hydrogens is 296 g/mol. The van der Waals surface area contributed by atoms with E-state index in [1.807, 2.05) is 19.4 Å². The predicted octanol–water partition coefficient (Wildman–Crippen LogP) is 3.65. The van der Waals surface area contributed by atoms with Gasteiger partial charge in [-0.1, -0.05) is 23.4 Å². The molecule has 0 aliphatic carbocycles. The second-order valence-electron chi connectivity index (χ2n) is 3.84. The molecule has 2 rings (SSSR count). The molecule has 0 spiro atoms. The van der Waals surface area contributed by atoms with E-state index in [2.05, 4.69) is 20.6 Å². The highest BCUT2D eigenvalue weighted by Gasteiger charge is 2.08. The van der Waals surface area contributed by atoms with E-state index in [4.69, 9.17) is 16.3 Å². The monoisotopic (exact) mass is 310 g/mol. The van der Waals surface area contributed by atoms with Crippen LogP contribution < -0.4 is 15.4 Å². The Hall–Kier alpha value is -1.66. The lowest BCUT2D eigenvalue weighted by Gasteiger charge is -2.12. The summed E-state index contributed by atoms with van der Waals surface area (Å²) < 4.78 is 5.30. The molecule has 0 bridgehead atoms. The largest absolute Gasteiger partial charge is 0.495 e. The van der Waals surface area contributed by atoms with Crippen molar-refractivity contribution in [1.29, 1.82) is 0 Å². The summed E-state index contributed by atoms with van der Waals surface area (Å²) in [5.74, 6) is 2.12. The molecular formula is C13H15ClN4OS. The second-order valence-corrected chi connectivity index (χ2v) is 5.05. The lowest BCUT2D eigenvalue weighted by Crippen LogP contribution is -2.01. The Labute approximate surface area is 127 Å². The maximum atomic E-state index is 6.01. The number of aromatic nitrogens is 2. The summed E-state index contributed by atoms with van der Waals surface area (Å²) >= 11 is 7.49.